The van der Waals surface area contributed by atoms with Crippen molar-refractivity contribution in [2.45, 2.75) is 26.7 Å². The first kappa shape index (κ1) is 17.8. The number of rotatable bonds is 10. The Kier molecular flexibility index (Phi) is 9.47. The van der Waals surface area contributed by atoms with Crippen LogP contribution < -0.4 is 0 Å². The number of hydrogen-bond donors (Lipinski definition) is 2. The van der Waals surface area contributed by atoms with E-state index in [1.807, 2.05) is 0 Å². The van der Waals surface area contributed by atoms with Gasteiger partial charge >= 0.3 is 11.9 Å². The van der Waals surface area contributed by atoms with Crippen molar-refractivity contribution in [3.05, 3.63) is 35.8 Å². The lowest BCUT2D eigenvalue weighted by Gasteiger charge is -2.09. The smallest absolute Gasteiger partial charge is 0.332 e. The minimum atomic E-state index is -1.25. The van der Waals surface area contributed by atoms with Crippen molar-refractivity contribution < 1.29 is 29.3 Å². The van der Waals surface area contributed by atoms with Crippen LogP contribution in [0.4, 0.5) is 0 Å². The Morgan fingerprint density at radius 2 is 1.20 bits per heavy atom. The highest BCUT2D eigenvalue weighted by atomic mass is 16.5. The molecule has 20 heavy (non-hydrogen) atoms. The SMILES string of the molecule is CC=COCC/C(C(=O)O)=C(\CCOC=CC)C(=O)O. The van der Waals surface area contributed by atoms with Gasteiger partial charge in [0, 0.05) is 12.8 Å². The molecule has 0 bridgehead atoms. The van der Waals surface area contributed by atoms with Gasteiger partial charge in [0.15, 0.2) is 0 Å². The number of ether oxygens (including phenoxy) is 2. The van der Waals surface area contributed by atoms with Crippen molar-refractivity contribution in [3.8, 4) is 0 Å². The van der Waals surface area contributed by atoms with Crippen molar-refractivity contribution >= 4 is 11.9 Å². The number of hydrogen-bond acceptors (Lipinski definition) is 4. The zero-order valence-corrected chi connectivity index (χ0v) is 11.7. The molecular weight excluding hydrogens is 264 g/mol. The highest BCUT2D eigenvalue weighted by Crippen LogP contribution is 2.14. The molecule has 0 aliphatic heterocycles. The minimum Gasteiger partial charge on any atom is -0.501 e. The fourth-order valence-electron chi connectivity index (χ4n) is 1.42. The van der Waals surface area contributed by atoms with Crippen LogP contribution in [0.5, 0.6) is 0 Å². The fourth-order valence-corrected chi connectivity index (χ4v) is 1.42. The summed E-state index contributed by atoms with van der Waals surface area (Å²) < 4.78 is 10.0. The summed E-state index contributed by atoms with van der Waals surface area (Å²) >= 11 is 0. The van der Waals surface area contributed by atoms with E-state index >= 15 is 0 Å². The van der Waals surface area contributed by atoms with E-state index < -0.39 is 11.9 Å². The Hall–Kier alpha value is -2.24. The van der Waals surface area contributed by atoms with Crippen LogP contribution in [0.1, 0.15) is 26.7 Å². The third-order valence-electron chi connectivity index (χ3n) is 2.29. The fraction of sp³-hybridized carbons (Fsp3) is 0.429. The molecule has 0 aromatic heterocycles. The molecule has 0 atom stereocenters. The highest BCUT2D eigenvalue weighted by Gasteiger charge is 2.19. The zero-order valence-electron chi connectivity index (χ0n) is 11.7. The van der Waals surface area contributed by atoms with Gasteiger partial charge in [0.1, 0.15) is 0 Å². The van der Waals surface area contributed by atoms with Crippen molar-refractivity contribution in [1.29, 1.82) is 0 Å². The largest absolute Gasteiger partial charge is 0.501 e. The lowest BCUT2D eigenvalue weighted by atomic mass is 10.0. The van der Waals surface area contributed by atoms with Gasteiger partial charge in [-0.25, -0.2) is 9.59 Å². The van der Waals surface area contributed by atoms with E-state index in [1.54, 1.807) is 26.0 Å². The van der Waals surface area contributed by atoms with Crippen LogP contribution in [0.2, 0.25) is 0 Å². The first-order valence-corrected chi connectivity index (χ1v) is 6.18. The summed E-state index contributed by atoms with van der Waals surface area (Å²) in [6, 6.07) is 0. The van der Waals surface area contributed by atoms with Gasteiger partial charge in [-0.3, -0.25) is 0 Å². The van der Waals surface area contributed by atoms with Crippen LogP contribution >= 0.6 is 0 Å². The first-order chi connectivity index (χ1) is 9.54. The maximum Gasteiger partial charge on any atom is 0.332 e. The van der Waals surface area contributed by atoms with Crippen LogP contribution in [0.25, 0.3) is 0 Å². The molecule has 6 heteroatoms. The summed E-state index contributed by atoms with van der Waals surface area (Å²) in [5, 5.41) is 18.2. The van der Waals surface area contributed by atoms with E-state index in [2.05, 4.69) is 0 Å². The topological polar surface area (TPSA) is 93.1 Å². The Bertz CT molecular complexity index is 368. The zero-order chi connectivity index (χ0) is 15.4. The molecule has 6 nitrogen and oxygen atoms in total. The van der Waals surface area contributed by atoms with Crippen LogP contribution in [0.3, 0.4) is 0 Å². The molecule has 0 fully saturated rings. The molecular formula is C14H20O6. The summed E-state index contributed by atoms with van der Waals surface area (Å²) in [4.78, 5) is 22.3. The Morgan fingerprint density at radius 3 is 1.45 bits per heavy atom. The summed E-state index contributed by atoms with van der Waals surface area (Å²) in [5.74, 6) is -2.50. The van der Waals surface area contributed by atoms with Crippen molar-refractivity contribution in [2.24, 2.45) is 0 Å². The van der Waals surface area contributed by atoms with Crippen LogP contribution in [0.15, 0.2) is 35.8 Å². The number of carbonyl (C=O) groups is 2. The number of allylic oxidation sites excluding steroid dienone is 2. The molecule has 0 spiro atoms. The number of carboxylic acid groups (broad SMARTS) is 2. The van der Waals surface area contributed by atoms with Gasteiger partial charge in [-0.05, 0) is 13.8 Å². The van der Waals surface area contributed by atoms with Crippen molar-refractivity contribution in [3.63, 3.8) is 0 Å². The van der Waals surface area contributed by atoms with Crippen molar-refractivity contribution in [2.75, 3.05) is 13.2 Å². The normalized spacial score (nSPS) is 12.5. The second kappa shape index (κ2) is 10.7. The Labute approximate surface area is 118 Å². The van der Waals surface area contributed by atoms with Gasteiger partial charge in [0.25, 0.3) is 0 Å². The van der Waals surface area contributed by atoms with Gasteiger partial charge in [-0.1, -0.05) is 12.2 Å². The molecule has 0 saturated carbocycles. The quantitative estimate of drug-likeness (QED) is 0.363. The lowest BCUT2D eigenvalue weighted by Crippen LogP contribution is -2.14. The van der Waals surface area contributed by atoms with E-state index in [0.29, 0.717) is 0 Å². The molecule has 0 aromatic carbocycles. The highest BCUT2D eigenvalue weighted by molar-refractivity contribution is 5.98. The van der Waals surface area contributed by atoms with Gasteiger partial charge in [-0.15, -0.1) is 0 Å². The second-order valence-corrected chi connectivity index (χ2v) is 3.75. The van der Waals surface area contributed by atoms with Crippen LogP contribution in [-0.4, -0.2) is 35.4 Å². The first-order valence-electron chi connectivity index (χ1n) is 6.18. The molecule has 112 valence electrons. The van der Waals surface area contributed by atoms with E-state index in [9.17, 15) is 9.59 Å². The molecule has 0 radical (unpaired) electrons. The van der Waals surface area contributed by atoms with Crippen LogP contribution in [0, 0.1) is 0 Å². The standard InChI is InChI=1S/C14H20O6/c1-3-7-19-9-5-11(13(15)16)12(14(17)18)6-10-20-8-4-2/h3-4,7-8H,5-6,9-10H2,1-2H3,(H,15,16)(H,17,18)/b7-3?,8-4?,12-11-. The maximum atomic E-state index is 11.1. The Balaban J connectivity index is 4.84. The minimum absolute atomic E-state index is 0.0188. The number of aliphatic carboxylic acids is 2. The predicted molar refractivity (Wildman–Crippen MR) is 73.1 cm³/mol. The maximum absolute atomic E-state index is 11.1. The molecule has 0 aliphatic rings. The van der Waals surface area contributed by atoms with Crippen LogP contribution in [-0.2, 0) is 19.1 Å². The third kappa shape index (κ3) is 7.25. The average molecular weight is 284 g/mol. The van der Waals surface area contributed by atoms with Gasteiger partial charge in [0.2, 0.25) is 0 Å². The summed E-state index contributed by atoms with van der Waals surface area (Å²) in [6.07, 6.45) is 6.21. The van der Waals surface area contributed by atoms with Crippen molar-refractivity contribution in [1.82, 2.24) is 0 Å². The van der Waals surface area contributed by atoms with E-state index in [-0.39, 0.29) is 37.2 Å². The summed E-state index contributed by atoms with van der Waals surface area (Å²) in [7, 11) is 0. The average Bonchev–Trinajstić information content (AvgIpc) is 2.39. The lowest BCUT2D eigenvalue weighted by molar-refractivity contribution is -0.136. The second-order valence-electron chi connectivity index (χ2n) is 3.75. The van der Waals surface area contributed by atoms with Gasteiger partial charge in [0.05, 0.1) is 36.9 Å². The summed E-state index contributed by atoms with van der Waals surface area (Å²) in [6.45, 7) is 3.74. The summed E-state index contributed by atoms with van der Waals surface area (Å²) in [5.41, 5.74) is -0.322. The monoisotopic (exact) mass is 284 g/mol. The molecule has 0 rings (SSSR count). The molecule has 2 N–H and O–H groups in total. The number of carboxylic acids is 2. The molecule has 0 unspecified atom stereocenters. The molecule has 0 amide bonds. The molecule has 0 aromatic rings. The molecule has 0 aliphatic carbocycles. The molecule has 0 heterocycles. The van der Waals surface area contributed by atoms with Gasteiger partial charge in [-0.2, -0.15) is 0 Å². The predicted octanol–water partition coefficient (Wildman–Crippen LogP) is 2.33. The van der Waals surface area contributed by atoms with E-state index in [1.165, 1.54) is 12.5 Å². The molecule has 0 saturated heterocycles. The Morgan fingerprint density at radius 1 is 0.850 bits per heavy atom. The third-order valence-corrected chi connectivity index (χ3v) is 2.29. The van der Waals surface area contributed by atoms with Gasteiger partial charge < -0.3 is 19.7 Å². The van der Waals surface area contributed by atoms with E-state index in [4.69, 9.17) is 19.7 Å². The van der Waals surface area contributed by atoms with E-state index in [0.717, 1.165) is 0 Å².